The van der Waals surface area contributed by atoms with Crippen LogP contribution in [0.4, 0.5) is 0 Å². The molecule has 4 amide bonds. The molecule has 3 aromatic rings. The van der Waals surface area contributed by atoms with Gasteiger partial charge in [0.25, 0.3) is 5.91 Å². The van der Waals surface area contributed by atoms with Gasteiger partial charge in [0.1, 0.15) is 35.4 Å². The van der Waals surface area contributed by atoms with E-state index in [1.165, 1.54) is 30.0 Å². The number of rotatable bonds is 5. The number of aromatic nitrogens is 1. The van der Waals surface area contributed by atoms with Gasteiger partial charge in [0.15, 0.2) is 0 Å². The first kappa shape index (κ1) is 32.5. The molecule has 2 aliphatic heterocycles. The molecule has 2 aliphatic rings. The lowest BCUT2D eigenvalue weighted by Crippen LogP contribution is -2.57. The van der Waals surface area contributed by atoms with Crippen LogP contribution in [0.3, 0.4) is 0 Å². The summed E-state index contributed by atoms with van der Waals surface area (Å²) in [7, 11) is 1.67. The lowest BCUT2D eigenvalue weighted by molar-refractivity contribution is -0.136. The molecule has 4 bridgehead atoms. The summed E-state index contributed by atoms with van der Waals surface area (Å²) in [4.78, 5) is 59.6. The second kappa shape index (κ2) is 13.9. The lowest BCUT2D eigenvalue weighted by Gasteiger charge is -2.27. The molecule has 1 aromatic heterocycles. The topological polar surface area (TPSA) is 150 Å². The number of carbonyl (C=O) groups is 4. The van der Waals surface area contributed by atoms with Gasteiger partial charge in [-0.05, 0) is 48.7 Å². The zero-order valence-corrected chi connectivity index (χ0v) is 26.5. The Morgan fingerprint density at radius 2 is 1.70 bits per heavy atom. The van der Waals surface area contributed by atoms with Crippen molar-refractivity contribution in [1.82, 2.24) is 25.8 Å². The van der Waals surface area contributed by atoms with Crippen molar-refractivity contribution in [1.29, 1.82) is 0 Å². The van der Waals surface area contributed by atoms with Crippen LogP contribution in [-0.4, -0.2) is 63.8 Å². The van der Waals surface area contributed by atoms with E-state index in [2.05, 4.69) is 34.8 Å². The minimum absolute atomic E-state index is 0.0620. The summed E-state index contributed by atoms with van der Waals surface area (Å²) in [6.45, 7) is 9.41. The van der Waals surface area contributed by atoms with Crippen molar-refractivity contribution in [3.63, 3.8) is 0 Å². The summed E-state index contributed by atoms with van der Waals surface area (Å²) in [5.41, 5.74) is 1.47. The van der Waals surface area contributed by atoms with Crippen molar-refractivity contribution in [3.05, 3.63) is 69.7 Å². The third kappa shape index (κ3) is 7.93. The van der Waals surface area contributed by atoms with E-state index in [9.17, 15) is 24.3 Å². The number of carbonyl (C=O) groups excluding carboxylic acids is 4. The van der Waals surface area contributed by atoms with E-state index in [1.807, 2.05) is 5.38 Å². The predicted octanol–water partition coefficient (Wildman–Crippen LogP) is 3.72. The summed E-state index contributed by atoms with van der Waals surface area (Å²) in [6.07, 6.45) is 0.193. The fourth-order valence-electron chi connectivity index (χ4n) is 4.69. The number of amides is 4. The van der Waals surface area contributed by atoms with Crippen LogP contribution in [0.5, 0.6) is 17.2 Å². The highest BCUT2D eigenvalue weighted by Crippen LogP contribution is 2.28. The molecule has 234 valence electrons. The Bertz CT molecular complexity index is 1520. The molecule has 0 spiro atoms. The molecule has 0 unspecified atom stereocenters. The molecule has 5 rings (SSSR count). The van der Waals surface area contributed by atoms with E-state index in [-0.39, 0.29) is 42.0 Å². The second-order valence-electron chi connectivity index (χ2n) is 11.6. The standard InChI is InChI=1S/C32H39N5O6S/c1-17(2)27-30(41)33-19(5)28(39)35-25(32(42)37(6)15-21-16-44-31(34-21)18(3)4)13-20-7-9-22(10-8-20)43-23-11-12-26(38)24(14-23)29(40)36-27/h7-12,14,16-19,25,27,38H,13,15H2,1-6H3,(H,33,41)(H,35,39)(H,36,40)/t19-,25-,27-/m0/s1. The van der Waals surface area contributed by atoms with E-state index >= 15 is 0 Å². The number of fused-ring (bicyclic) bond motifs is 11. The zero-order chi connectivity index (χ0) is 32.1. The van der Waals surface area contributed by atoms with E-state index < -0.39 is 35.8 Å². The molecule has 4 N–H and O–H groups in total. The molecule has 0 radical (unpaired) electrons. The van der Waals surface area contributed by atoms with Crippen molar-refractivity contribution in [2.24, 2.45) is 5.92 Å². The minimum Gasteiger partial charge on any atom is -0.507 e. The van der Waals surface area contributed by atoms with Crippen molar-refractivity contribution < 1.29 is 29.0 Å². The Balaban J connectivity index is 1.65. The summed E-state index contributed by atoms with van der Waals surface area (Å²) in [6, 6.07) is 8.32. The summed E-state index contributed by atoms with van der Waals surface area (Å²) in [5.74, 6) is -1.68. The summed E-state index contributed by atoms with van der Waals surface area (Å²) in [5, 5.41) is 21.4. The van der Waals surface area contributed by atoms with Gasteiger partial charge in [0.05, 0.1) is 22.8 Å². The molecule has 0 saturated carbocycles. The van der Waals surface area contributed by atoms with Crippen molar-refractivity contribution in [2.45, 2.75) is 71.6 Å². The van der Waals surface area contributed by atoms with Gasteiger partial charge in [-0.2, -0.15) is 0 Å². The van der Waals surface area contributed by atoms with Crippen LogP contribution in [0.25, 0.3) is 0 Å². The predicted molar refractivity (Wildman–Crippen MR) is 167 cm³/mol. The lowest BCUT2D eigenvalue weighted by atomic mass is 10.0. The van der Waals surface area contributed by atoms with Gasteiger partial charge in [-0.25, -0.2) is 4.98 Å². The monoisotopic (exact) mass is 621 g/mol. The van der Waals surface area contributed by atoms with Crippen LogP contribution >= 0.6 is 11.3 Å². The molecule has 11 nitrogen and oxygen atoms in total. The maximum atomic E-state index is 13.7. The normalized spacial score (nSPS) is 19.5. The first-order valence-electron chi connectivity index (χ1n) is 14.5. The number of hydrogen-bond donors (Lipinski definition) is 4. The number of hydrogen-bond acceptors (Lipinski definition) is 8. The SMILES string of the molecule is CC(C)c1nc(CN(C)C(=O)[C@@H]2Cc3ccc(cc3)Oc3ccc(O)c(c3)C(=O)N[C@@H](C(C)C)C(=O)N[C@@H](C)C(=O)N2)cs1. The largest absolute Gasteiger partial charge is 0.507 e. The number of thiazole rings is 1. The number of phenols is 1. The highest BCUT2D eigenvalue weighted by atomic mass is 32.1. The average molecular weight is 622 g/mol. The highest BCUT2D eigenvalue weighted by molar-refractivity contribution is 7.09. The van der Waals surface area contributed by atoms with Crippen molar-refractivity contribution >= 4 is 35.0 Å². The summed E-state index contributed by atoms with van der Waals surface area (Å²) >= 11 is 1.55. The van der Waals surface area contributed by atoms with Crippen LogP contribution in [-0.2, 0) is 27.3 Å². The molecule has 3 heterocycles. The van der Waals surface area contributed by atoms with Gasteiger partial charge < -0.3 is 30.7 Å². The molecule has 0 fully saturated rings. The molecule has 12 heteroatoms. The number of nitrogens with one attached hydrogen (secondary N) is 3. The first-order chi connectivity index (χ1) is 20.8. The zero-order valence-electron chi connectivity index (χ0n) is 25.7. The maximum absolute atomic E-state index is 13.7. The first-order valence-corrected chi connectivity index (χ1v) is 15.4. The highest BCUT2D eigenvalue weighted by Gasteiger charge is 2.31. The Morgan fingerprint density at radius 1 is 1.02 bits per heavy atom. The number of benzene rings is 2. The van der Waals surface area contributed by atoms with Crippen LogP contribution in [0.1, 0.15) is 67.2 Å². The fraction of sp³-hybridized carbons (Fsp3) is 0.406. The second-order valence-corrected chi connectivity index (χ2v) is 12.5. The van der Waals surface area contributed by atoms with Crippen LogP contribution in [0.15, 0.2) is 47.8 Å². The smallest absolute Gasteiger partial charge is 0.255 e. The molecule has 2 aromatic carbocycles. The van der Waals surface area contributed by atoms with Gasteiger partial charge in [0.2, 0.25) is 17.7 Å². The van der Waals surface area contributed by atoms with Gasteiger partial charge >= 0.3 is 0 Å². The molecule has 44 heavy (non-hydrogen) atoms. The number of ether oxygens (including phenoxy) is 1. The Hall–Kier alpha value is -4.45. The molecule has 0 saturated heterocycles. The van der Waals surface area contributed by atoms with Crippen LogP contribution in [0.2, 0.25) is 0 Å². The van der Waals surface area contributed by atoms with Gasteiger partial charge in [-0.3, -0.25) is 19.2 Å². The third-order valence-electron chi connectivity index (χ3n) is 7.25. The van der Waals surface area contributed by atoms with Gasteiger partial charge in [-0.1, -0.05) is 39.8 Å². The van der Waals surface area contributed by atoms with E-state index in [0.29, 0.717) is 11.5 Å². The molecule has 0 aliphatic carbocycles. The van der Waals surface area contributed by atoms with Crippen molar-refractivity contribution in [3.8, 4) is 17.2 Å². The van der Waals surface area contributed by atoms with Gasteiger partial charge in [-0.15, -0.1) is 11.3 Å². The molecule has 3 atom stereocenters. The number of aromatic hydroxyl groups is 1. The van der Waals surface area contributed by atoms with Crippen molar-refractivity contribution in [2.75, 3.05) is 7.05 Å². The number of phenolic OH excluding ortho intramolecular Hbond substituents is 1. The van der Waals surface area contributed by atoms with Crippen LogP contribution in [0, 0.1) is 5.92 Å². The Labute approximate surface area is 261 Å². The third-order valence-corrected chi connectivity index (χ3v) is 8.45. The number of likely N-dealkylation sites (N-methyl/N-ethyl adjacent to an activating group) is 1. The van der Waals surface area contributed by atoms with E-state index in [1.54, 1.807) is 56.5 Å². The fourth-order valence-corrected chi connectivity index (χ4v) is 5.52. The van der Waals surface area contributed by atoms with Crippen LogP contribution < -0.4 is 20.7 Å². The Kier molecular flexibility index (Phi) is 10.3. The minimum atomic E-state index is -1.01. The van der Waals surface area contributed by atoms with E-state index in [4.69, 9.17) is 4.74 Å². The summed E-state index contributed by atoms with van der Waals surface area (Å²) < 4.78 is 5.92. The van der Waals surface area contributed by atoms with Gasteiger partial charge in [0, 0.05) is 24.8 Å². The molecular formula is C32H39N5O6S. The number of nitrogens with zero attached hydrogens (tertiary/aromatic N) is 2. The average Bonchev–Trinajstić information content (AvgIpc) is 3.45. The Morgan fingerprint density at radius 3 is 2.34 bits per heavy atom. The maximum Gasteiger partial charge on any atom is 0.255 e. The quantitative estimate of drug-likeness (QED) is 0.317. The van der Waals surface area contributed by atoms with E-state index in [0.717, 1.165) is 16.3 Å². The molecular weight excluding hydrogens is 582 g/mol.